The van der Waals surface area contributed by atoms with E-state index in [4.69, 9.17) is 5.73 Å². The van der Waals surface area contributed by atoms with Crippen molar-refractivity contribution >= 4 is 16.5 Å². The maximum atomic E-state index is 5.37. The summed E-state index contributed by atoms with van der Waals surface area (Å²) in [4.78, 5) is 3.99. The first-order valence-corrected chi connectivity index (χ1v) is 5.07. The highest BCUT2D eigenvalue weighted by Gasteiger charge is 1.92. The van der Waals surface area contributed by atoms with Crippen molar-refractivity contribution in [3.05, 3.63) is 11.6 Å². The predicted octanol–water partition coefficient (Wildman–Crippen LogP) is 1.48. The van der Waals surface area contributed by atoms with Crippen molar-refractivity contribution in [1.82, 2.24) is 4.98 Å². The Morgan fingerprint density at radius 3 is 3.08 bits per heavy atom. The summed E-state index contributed by atoms with van der Waals surface area (Å²) in [7, 11) is 0. The van der Waals surface area contributed by atoms with E-state index in [1.165, 1.54) is 6.42 Å². The van der Waals surface area contributed by atoms with Crippen molar-refractivity contribution in [1.29, 1.82) is 0 Å². The first-order valence-electron chi connectivity index (χ1n) is 4.19. The Morgan fingerprint density at radius 2 is 2.42 bits per heavy atom. The van der Waals surface area contributed by atoms with Crippen LogP contribution in [0.25, 0.3) is 0 Å². The van der Waals surface area contributed by atoms with E-state index in [1.54, 1.807) is 11.3 Å². The van der Waals surface area contributed by atoms with Crippen LogP contribution in [0.2, 0.25) is 0 Å². The van der Waals surface area contributed by atoms with Crippen LogP contribution >= 0.6 is 11.3 Å². The van der Waals surface area contributed by atoms with Crippen molar-refractivity contribution in [2.24, 2.45) is 5.73 Å². The second kappa shape index (κ2) is 5.97. The third-order valence-electron chi connectivity index (χ3n) is 1.55. The second-order valence-corrected chi connectivity index (χ2v) is 3.42. The normalized spacial score (nSPS) is 10.1. The maximum absolute atomic E-state index is 5.37. The van der Waals surface area contributed by atoms with E-state index in [-0.39, 0.29) is 0 Å². The minimum absolute atomic E-state index is 0.797. The number of anilines is 1. The summed E-state index contributed by atoms with van der Waals surface area (Å²) >= 11 is 1.58. The van der Waals surface area contributed by atoms with E-state index in [0.717, 1.165) is 31.1 Å². The van der Waals surface area contributed by atoms with E-state index in [2.05, 4.69) is 16.5 Å². The van der Waals surface area contributed by atoms with E-state index >= 15 is 0 Å². The number of hydrogen-bond donors (Lipinski definition) is 2. The van der Waals surface area contributed by atoms with Gasteiger partial charge in [-0.05, 0) is 19.4 Å². The standard InChI is InChI=1S/C8H14N3S/c9-4-2-1-3-5-10-8-11-6-7-12-8/h7H,1-5,9H2,(H,10,11). The largest absolute Gasteiger partial charge is 0.362 e. The van der Waals surface area contributed by atoms with Crippen LogP contribution in [0, 0.1) is 6.20 Å². The number of nitrogens with two attached hydrogens (primary N) is 1. The SMILES string of the molecule is NCCCCCNc1n[c]cs1. The lowest BCUT2D eigenvalue weighted by atomic mass is 10.2. The van der Waals surface area contributed by atoms with Gasteiger partial charge in [-0.2, -0.15) is 0 Å². The Bertz CT molecular complexity index is 186. The van der Waals surface area contributed by atoms with Crippen molar-refractivity contribution in [2.75, 3.05) is 18.4 Å². The molecule has 0 unspecified atom stereocenters. The molecule has 3 N–H and O–H groups in total. The van der Waals surface area contributed by atoms with Gasteiger partial charge >= 0.3 is 0 Å². The van der Waals surface area contributed by atoms with Crippen LogP contribution in [-0.2, 0) is 0 Å². The van der Waals surface area contributed by atoms with E-state index in [1.807, 2.05) is 5.38 Å². The molecule has 0 atom stereocenters. The Hall–Kier alpha value is -0.610. The second-order valence-electron chi connectivity index (χ2n) is 2.56. The van der Waals surface area contributed by atoms with Crippen molar-refractivity contribution in [2.45, 2.75) is 19.3 Å². The van der Waals surface area contributed by atoms with Gasteiger partial charge in [-0.25, -0.2) is 4.98 Å². The lowest BCUT2D eigenvalue weighted by Gasteiger charge is -2.00. The van der Waals surface area contributed by atoms with Gasteiger partial charge in [-0.15, -0.1) is 11.3 Å². The number of nitrogens with one attached hydrogen (secondary N) is 1. The molecule has 0 aliphatic rings. The van der Waals surface area contributed by atoms with Gasteiger partial charge in [0.25, 0.3) is 0 Å². The molecule has 0 saturated heterocycles. The molecule has 0 aliphatic carbocycles. The molecule has 0 fully saturated rings. The van der Waals surface area contributed by atoms with Gasteiger partial charge in [0.05, 0.1) is 0 Å². The van der Waals surface area contributed by atoms with Crippen molar-refractivity contribution < 1.29 is 0 Å². The minimum Gasteiger partial charge on any atom is -0.362 e. The molecule has 1 rings (SSSR count). The van der Waals surface area contributed by atoms with Crippen LogP contribution in [0.15, 0.2) is 5.38 Å². The number of nitrogens with zero attached hydrogens (tertiary/aromatic N) is 1. The first kappa shape index (κ1) is 9.48. The summed E-state index contributed by atoms with van der Waals surface area (Å²) in [6.45, 7) is 1.78. The molecule has 0 aromatic carbocycles. The quantitative estimate of drug-likeness (QED) is 0.658. The molecule has 1 aromatic heterocycles. The minimum atomic E-state index is 0.797. The fraction of sp³-hybridized carbons (Fsp3) is 0.625. The van der Waals surface area contributed by atoms with Gasteiger partial charge in [0, 0.05) is 11.9 Å². The summed E-state index contributed by atoms with van der Waals surface area (Å²) in [6, 6.07) is 0. The number of unbranched alkanes of at least 4 members (excludes halogenated alkanes) is 2. The van der Waals surface area contributed by atoms with Gasteiger partial charge < -0.3 is 11.1 Å². The van der Waals surface area contributed by atoms with E-state index < -0.39 is 0 Å². The van der Waals surface area contributed by atoms with Crippen molar-refractivity contribution in [3.63, 3.8) is 0 Å². The molecular formula is C8H14N3S. The highest BCUT2D eigenvalue weighted by atomic mass is 32.1. The van der Waals surface area contributed by atoms with Gasteiger partial charge in [0.2, 0.25) is 0 Å². The summed E-state index contributed by atoms with van der Waals surface area (Å²) in [5.41, 5.74) is 5.37. The van der Waals surface area contributed by atoms with Crippen LogP contribution in [0.4, 0.5) is 5.13 Å². The average Bonchev–Trinajstić information content (AvgIpc) is 2.57. The molecule has 0 spiro atoms. The molecule has 4 heteroatoms. The van der Waals surface area contributed by atoms with Crippen LogP contribution < -0.4 is 11.1 Å². The fourth-order valence-corrected chi connectivity index (χ4v) is 1.42. The zero-order valence-corrected chi connectivity index (χ0v) is 7.86. The number of hydrogen-bond acceptors (Lipinski definition) is 4. The summed E-state index contributed by atoms with van der Waals surface area (Å²) < 4.78 is 0. The van der Waals surface area contributed by atoms with Crippen LogP contribution in [0.3, 0.4) is 0 Å². The Balaban J connectivity index is 1.96. The summed E-state index contributed by atoms with van der Waals surface area (Å²) in [5, 5.41) is 6.03. The summed E-state index contributed by atoms with van der Waals surface area (Å²) in [6.07, 6.45) is 6.24. The molecule has 1 heterocycles. The van der Waals surface area contributed by atoms with Gasteiger partial charge in [-0.3, -0.25) is 0 Å². The molecule has 0 saturated carbocycles. The Labute approximate surface area is 77.0 Å². The molecule has 0 amide bonds. The Kier molecular flexibility index (Phi) is 4.71. The van der Waals surface area contributed by atoms with Gasteiger partial charge in [0.1, 0.15) is 6.20 Å². The molecule has 67 valence electrons. The smallest absolute Gasteiger partial charge is 0.183 e. The van der Waals surface area contributed by atoms with Crippen LogP contribution in [0.1, 0.15) is 19.3 Å². The molecule has 0 aliphatic heterocycles. The molecule has 0 bridgehead atoms. The highest BCUT2D eigenvalue weighted by molar-refractivity contribution is 7.13. The third kappa shape index (κ3) is 3.69. The topological polar surface area (TPSA) is 50.9 Å². The monoisotopic (exact) mass is 184 g/mol. The zero-order chi connectivity index (χ0) is 8.65. The molecular weight excluding hydrogens is 170 g/mol. The number of rotatable bonds is 6. The highest BCUT2D eigenvalue weighted by Crippen LogP contribution is 2.09. The van der Waals surface area contributed by atoms with Crippen molar-refractivity contribution in [3.8, 4) is 0 Å². The molecule has 1 radical (unpaired) electrons. The molecule has 3 nitrogen and oxygen atoms in total. The molecule has 12 heavy (non-hydrogen) atoms. The third-order valence-corrected chi connectivity index (χ3v) is 2.23. The predicted molar refractivity (Wildman–Crippen MR) is 52.3 cm³/mol. The Morgan fingerprint density at radius 1 is 1.50 bits per heavy atom. The fourth-order valence-electron chi connectivity index (χ4n) is 0.916. The van der Waals surface area contributed by atoms with E-state index in [9.17, 15) is 0 Å². The number of thiazole rings is 1. The van der Waals surface area contributed by atoms with Gasteiger partial charge in [0.15, 0.2) is 5.13 Å². The zero-order valence-electron chi connectivity index (χ0n) is 7.05. The first-order chi connectivity index (χ1) is 5.93. The lowest BCUT2D eigenvalue weighted by molar-refractivity contribution is 0.707. The lowest BCUT2D eigenvalue weighted by Crippen LogP contribution is -2.03. The molecule has 1 aromatic rings. The van der Waals surface area contributed by atoms with Gasteiger partial charge in [-0.1, -0.05) is 6.42 Å². The number of aromatic nitrogens is 1. The maximum Gasteiger partial charge on any atom is 0.183 e. The van der Waals surface area contributed by atoms with Crippen LogP contribution in [0.5, 0.6) is 0 Å². The average molecular weight is 184 g/mol. The van der Waals surface area contributed by atoms with E-state index in [0.29, 0.717) is 0 Å². The summed E-state index contributed by atoms with van der Waals surface area (Å²) in [5.74, 6) is 0. The van der Waals surface area contributed by atoms with Crippen LogP contribution in [-0.4, -0.2) is 18.1 Å².